The summed E-state index contributed by atoms with van der Waals surface area (Å²) in [7, 11) is 0. The third kappa shape index (κ3) is 5.17. The summed E-state index contributed by atoms with van der Waals surface area (Å²) in [6, 6.07) is 6.52. The molecule has 1 aromatic carbocycles. The van der Waals surface area contributed by atoms with Gasteiger partial charge in [0.25, 0.3) is 5.56 Å². The van der Waals surface area contributed by atoms with Crippen molar-refractivity contribution in [3.8, 4) is 0 Å². The average Bonchev–Trinajstić information content (AvgIpc) is 3.29. The van der Waals surface area contributed by atoms with Crippen LogP contribution in [0.25, 0.3) is 10.9 Å². The average molecular weight is 453 g/mol. The second kappa shape index (κ2) is 10.6. The molecule has 178 valence electrons. The van der Waals surface area contributed by atoms with Crippen LogP contribution >= 0.6 is 0 Å². The number of nitrogens with one attached hydrogen (secondary N) is 1. The van der Waals surface area contributed by atoms with Gasteiger partial charge in [-0.2, -0.15) is 0 Å². The minimum Gasteiger partial charge on any atom is -0.396 e. The van der Waals surface area contributed by atoms with E-state index in [-0.39, 0.29) is 18.2 Å². The Labute approximate surface area is 195 Å². The van der Waals surface area contributed by atoms with Gasteiger partial charge >= 0.3 is 0 Å². The Morgan fingerprint density at radius 1 is 1.21 bits per heavy atom. The second-order valence-corrected chi connectivity index (χ2v) is 9.41. The minimum absolute atomic E-state index is 0.0252. The highest BCUT2D eigenvalue weighted by Crippen LogP contribution is 2.32. The van der Waals surface area contributed by atoms with E-state index < -0.39 is 0 Å². The van der Waals surface area contributed by atoms with E-state index in [4.69, 9.17) is 0 Å². The zero-order valence-corrected chi connectivity index (χ0v) is 20.0. The van der Waals surface area contributed by atoms with Crippen LogP contribution in [0.4, 0.5) is 0 Å². The Hall–Kier alpha value is -2.58. The number of fused-ring (bicyclic) bond motifs is 1. The standard InChI is InChI=1S/C25H36N6O2/c1-4-22(24-27-28-29-31(24)21-9-6-5-7-10-21)30(11-8-12-32)16-20-15-19-14-17(2)13-18(3)23(19)26-25(20)33/h13-15,21-22,32H,4-12,16H2,1-3H3,(H,26,33). The normalized spacial score (nSPS) is 16.0. The van der Waals surface area contributed by atoms with E-state index in [0.717, 1.165) is 47.1 Å². The Bertz CT molecular complexity index is 1130. The van der Waals surface area contributed by atoms with Gasteiger partial charge in [-0.25, -0.2) is 4.68 Å². The van der Waals surface area contributed by atoms with Gasteiger partial charge in [0.15, 0.2) is 5.82 Å². The second-order valence-electron chi connectivity index (χ2n) is 9.41. The van der Waals surface area contributed by atoms with Crippen LogP contribution in [0.3, 0.4) is 0 Å². The van der Waals surface area contributed by atoms with Crippen LogP contribution < -0.4 is 5.56 Å². The molecule has 0 aliphatic heterocycles. The third-order valence-corrected chi connectivity index (χ3v) is 6.91. The van der Waals surface area contributed by atoms with E-state index in [1.807, 2.05) is 17.7 Å². The van der Waals surface area contributed by atoms with Crippen molar-refractivity contribution in [3.63, 3.8) is 0 Å². The van der Waals surface area contributed by atoms with Gasteiger partial charge in [0.2, 0.25) is 0 Å². The number of hydrogen-bond acceptors (Lipinski definition) is 6. The Morgan fingerprint density at radius 2 is 2.00 bits per heavy atom. The van der Waals surface area contributed by atoms with Crippen LogP contribution in [0.1, 0.15) is 86.5 Å². The van der Waals surface area contributed by atoms with Crippen molar-refractivity contribution in [2.75, 3.05) is 13.2 Å². The van der Waals surface area contributed by atoms with E-state index in [1.54, 1.807) is 0 Å². The van der Waals surface area contributed by atoms with Gasteiger partial charge in [-0.3, -0.25) is 9.69 Å². The van der Waals surface area contributed by atoms with Crippen molar-refractivity contribution in [2.24, 2.45) is 0 Å². The Balaban J connectivity index is 1.68. The summed E-state index contributed by atoms with van der Waals surface area (Å²) in [4.78, 5) is 18.4. The number of pyridine rings is 1. The molecule has 2 heterocycles. The number of hydrogen-bond donors (Lipinski definition) is 2. The van der Waals surface area contributed by atoms with Gasteiger partial charge in [0.05, 0.1) is 17.6 Å². The summed E-state index contributed by atoms with van der Waals surface area (Å²) < 4.78 is 2.02. The molecule has 33 heavy (non-hydrogen) atoms. The van der Waals surface area contributed by atoms with Crippen LogP contribution in [0.5, 0.6) is 0 Å². The van der Waals surface area contributed by atoms with Crippen LogP contribution in [0.15, 0.2) is 23.0 Å². The SMILES string of the molecule is CCC(c1nnnn1C1CCCCC1)N(CCCO)Cc1cc2cc(C)cc(C)c2[nH]c1=O. The van der Waals surface area contributed by atoms with Gasteiger partial charge in [-0.15, -0.1) is 5.10 Å². The molecule has 1 aliphatic carbocycles. The lowest BCUT2D eigenvalue weighted by molar-refractivity contribution is 0.147. The van der Waals surface area contributed by atoms with E-state index >= 15 is 0 Å². The summed E-state index contributed by atoms with van der Waals surface area (Å²) >= 11 is 0. The molecule has 1 atom stereocenters. The van der Waals surface area contributed by atoms with Crippen LogP contribution in [0.2, 0.25) is 0 Å². The highest BCUT2D eigenvalue weighted by atomic mass is 16.3. The highest BCUT2D eigenvalue weighted by Gasteiger charge is 2.28. The Morgan fingerprint density at radius 3 is 2.73 bits per heavy atom. The van der Waals surface area contributed by atoms with E-state index in [9.17, 15) is 9.90 Å². The van der Waals surface area contributed by atoms with Crippen molar-refractivity contribution in [1.82, 2.24) is 30.1 Å². The summed E-state index contributed by atoms with van der Waals surface area (Å²) in [6.45, 7) is 7.48. The molecule has 4 rings (SSSR count). The zero-order chi connectivity index (χ0) is 23.4. The molecule has 3 aromatic rings. The Kier molecular flexibility index (Phi) is 7.55. The number of H-pyrrole nitrogens is 1. The first kappa shape index (κ1) is 23.6. The maximum Gasteiger partial charge on any atom is 0.252 e. The van der Waals surface area contributed by atoms with Crippen molar-refractivity contribution in [3.05, 3.63) is 51.1 Å². The van der Waals surface area contributed by atoms with Gasteiger partial charge in [0, 0.05) is 25.3 Å². The molecule has 2 N–H and O–H groups in total. The van der Waals surface area contributed by atoms with Crippen LogP contribution in [-0.4, -0.2) is 48.3 Å². The van der Waals surface area contributed by atoms with E-state index in [1.165, 1.54) is 24.8 Å². The van der Waals surface area contributed by atoms with E-state index in [0.29, 0.717) is 25.6 Å². The minimum atomic E-state index is -0.0647. The van der Waals surface area contributed by atoms with Crippen molar-refractivity contribution < 1.29 is 5.11 Å². The fourth-order valence-electron chi connectivity index (χ4n) is 5.30. The van der Waals surface area contributed by atoms with Gasteiger partial charge in [0.1, 0.15) is 0 Å². The molecule has 1 aliphatic rings. The highest BCUT2D eigenvalue weighted by molar-refractivity contribution is 5.82. The lowest BCUT2D eigenvalue weighted by Crippen LogP contribution is -2.34. The predicted molar refractivity (Wildman–Crippen MR) is 129 cm³/mol. The van der Waals surface area contributed by atoms with E-state index in [2.05, 4.69) is 51.4 Å². The topological polar surface area (TPSA) is 99.9 Å². The first-order valence-corrected chi connectivity index (χ1v) is 12.3. The number of rotatable bonds is 9. The molecular weight excluding hydrogens is 416 g/mol. The molecule has 0 spiro atoms. The quantitative estimate of drug-likeness (QED) is 0.510. The monoisotopic (exact) mass is 452 g/mol. The molecule has 0 radical (unpaired) electrons. The molecule has 1 fully saturated rings. The fraction of sp³-hybridized carbons (Fsp3) is 0.600. The molecule has 1 saturated carbocycles. The number of aliphatic hydroxyl groups is 1. The zero-order valence-electron chi connectivity index (χ0n) is 20.0. The summed E-state index contributed by atoms with van der Waals surface area (Å²) in [5.41, 5.74) is 3.80. The summed E-state index contributed by atoms with van der Waals surface area (Å²) in [5, 5.41) is 23.4. The molecule has 0 amide bonds. The first-order valence-electron chi connectivity index (χ1n) is 12.3. The number of aromatic amines is 1. The number of aryl methyl sites for hydroxylation is 2. The molecule has 8 heteroatoms. The van der Waals surface area contributed by atoms with Gasteiger partial charge in [-0.1, -0.05) is 37.8 Å². The van der Waals surface area contributed by atoms with Crippen molar-refractivity contribution in [1.29, 1.82) is 0 Å². The number of aromatic nitrogens is 5. The molecule has 0 saturated heterocycles. The molecule has 0 bridgehead atoms. The summed E-state index contributed by atoms with van der Waals surface area (Å²) in [5.74, 6) is 0.867. The van der Waals surface area contributed by atoms with Crippen molar-refractivity contribution >= 4 is 10.9 Å². The van der Waals surface area contributed by atoms with Gasteiger partial charge in [-0.05, 0) is 73.0 Å². The number of aliphatic hydroxyl groups excluding tert-OH is 1. The largest absolute Gasteiger partial charge is 0.396 e. The number of tetrazole rings is 1. The fourth-order valence-corrected chi connectivity index (χ4v) is 5.30. The van der Waals surface area contributed by atoms with Crippen LogP contribution in [0, 0.1) is 13.8 Å². The first-order chi connectivity index (χ1) is 16.0. The molecule has 1 unspecified atom stereocenters. The maximum atomic E-state index is 13.0. The lowest BCUT2D eigenvalue weighted by Gasteiger charge is -2.32. The predicted octanol–water partition coefficient (Wildman–Crippen LogP) is 3.97. The summed E-state index contributed by atoms with van der Waals surface area (Å²) in [6.07, 6.45) is 7.35. The molecular formula is C25H36N6O2. The number of benzene rings is 1. The lowest BCUT2D eigenvalue weighted by atomic mass is 9.95. The molecule has 8 nitrogen and oxygen atoms in total. The smallest absolute Gasteiger partial charge is 0.252 e. The number of nitrogens with zero attached hydrogens (tertiary/aromatic N) is 5. The van der Waals surface area contributed by atoms with Gasteiger partial charge < -0.3 is 10.1 Å². The maximum absolute atomic E-state index is 13.0. The third-order valence-electron chi connectivity index (χ3n) is 6.91. The molecule has 2 aromatic heterocycles. The van der Waals surface area contributed by atoms with Crippen molar-refractivity contribution in [2.45, 2.75) is 84.3 Å². The van der Waals surface area contributed by atoms with Crippen LogP contribution in [-0.2, 0) is 6.54 Å².